The number of hydrogen-bond donors (Lipinski definition) is 1. The third kappa shape index (κ3) is 1.31. The van der Waals surface area contributed by atoms with E-state index in [1.807, 2.05) is 37.5 Å². The molecular weight excluding hydrogens is 202 g/mol. The van der Waals surface area contributed by atoms with Crippen LogP contribution in [-0.2, 0) is 13.6 Å². The van der Waals surface area contributed by atoms with Crippen molar-refractivity contribution < 1.29 is 4.79 Å². The van der Waals surface area contributed by atoms with Crippen LogP contribution >= 0.6 is 0 Å². The molecule has 1 aromatic carbocycles. The molecule has 0 spiro atoms. The summed E-state index contributed by atoms with van der Waals surface area (Å²) < 4.78 is 1.77. The lowest BCUT2D eigenvalue weighted by atomic mass is 10.0. The molecule has 1 amide bonds. The van der Waals surface area contributed by atoms with Crippen molar-refractivity contribution in [1.82, 2.24) is 15.1 Å². The molecule has 1 aliphatic heterocycles. The number of carbonyl (C=O) groups is 1. The van der Waals surface area contributed by atoms with E-state index in [4.69, 9.17) is 0 Å². The maximum absolute atomic E-state index is 11.4. The highest BCUT2D eigenvalue weighted by molar-refractivity contribution is 5.98. The van der Waals surface area contributed by atoms with Crippen molar-refractivity contribution in [3.8, 4) is 11.3 Å². The monoisotopic (exact) mass is 213 g/mol. The van der Waals surface area contributed by atoms with Crippen molar-refractivity contribution in [3.63, 3.8) is 0 Å². The molecule has 16 heavy (non-hydrogen) atoms. The molecule has 80 valence electrons. The van der Waals surface area contributed by atoms with Crippen LogP contribution < -0.4 is 5.32 Å². The summed E-state index contributed by atoms with van der Waals surface area (Å²) in [6, 6.07) is 7.79. The normalized spacial score (nSPS) is 13.7. The number of hydrogen-bond acceptors (Lipinski definition) is 2. The number of nitrogens with one attached hydrogen (secondary N) is 1. The van der Waals surface area contributed by atoms with Gasteiger partial charge in [0.1, 0.15) is 0 Å². The second kappa shape index (κ2) is 3.20. The number of benzene rings is 1. The van der Waals surface area contributed by atoms with Gasteiger partial charge in [-0.15, -0.1) is 0 Å². The summed E-state index contributed by atoms with van der Waals surface area (Å²) in [6.45, 7) is 0.620. The number of fused-ring (bicyclic) bond motifs is 1. The highest BCUT2D eigenvalue weighted by Gasteiger charge is 2.18. The van der Waals surface area contributed by atoms with E-state index in [-0.39, 0.29) is 5.91 Å². The third-order valence-electron chi connectivity index (χ3n) is 2.80. The average Bonchev–Trinajstić information content (AvgIpc) is 2.86. The van der Waals surface area contributed by atoms with Crippen molar-refractivity contribution in [2.45, 2.75) is 6.54 Å². The van der Waals surface area contributed by atoms with Crippen molar-refractivity contribution in [2.24, 2.45) is 7.05 Å². The lowest BCUT2D eigenvalue weighted by Gasteiger charge is -2.00. The van der Waals surface area contributed by atoms with Gasteiger partial charge in [0.25, 0.3) is 5.91 Å². The topological polar surface area (TPSA) is 46.9 Å². The Balaban J connectivity index is 2.08. The molecule has 0 fully saturated rings. The SMILES string of the molecule is Cn1ccc(-c2ccc3c(c2)CNC3=O)n1. The van der Waals surface area contributed by atoms with E-state index in [0.717, 1.165) is 22.4 Å². The molecule has 1 aromatic heterocycles. The minimum absolute atomic E-state index is 0.0163. The van der Waals surface area contributed by atoms with Gasteiger partial charge in [0.2, 0.25) is 0 Å². The van der Waals surface area contributed by atoms with E-state index in [1.54, 1.807) is 4.68 Å². The summed E-state index contributed by atoms with van der Waals surface area (Å²) in [5.74, 6) is 0.0163. The zero-order chi connectivity index (χ0) is 11.1. The van der Waals surface area contributed by atoms with E-state index in [1.165, 1.54) is 0 Å². The number of rotatable bonds is 1. The number of amides is 1. The Kier molecular flexibility index (Phi) is 1.83. The van der Waals surface area contributed by atoms with Gasteiger partial charge in [-0.3, -0.25) is 9.48 Å². The standard InChI is InChI=1S/C12H11N3O/c1-15-5-4-11(14-15)8-2-3-10-9(6-8)7-13-12(10)16/h2-6H,7H2,1H3,(H,13,16). The first kappa shape index (κ1) is 9.15. The van der Waals surface area contributed by atoms with Crippen LogP contribution in [0.25, 0.3) is 11.3 Å². The molecule has 0 saturated carbocycles. The zero-order valence-corrected chi connectivity index (χ0v) is 8.90. The van der Waals surface area contributed by atoms with Gasteiger partial charge in [-0.05, 0) is 23.8 Å². The maximum Gasteiger partial charge on any atom is 0.251 e. The number of aryl methyl sites for hydroxylation is 1. The van der Waals surface area contributed by atoms with Crippen molar-refractivity contribution in [1.29, 1.82) is 0 Å². The number of aromatic nitrogens is 2. The molecule has 4 nitrogen and oxygen atoms in total. The Morgan fingerprint density at radius 1 is 1.38 bits per heavy atom. The summed E-state index contributed by atoms with van der Waals surface area (Å²) in [5.41, 5.74) is 3.81. The van der Waals surface area contributed by atoms with Crippen LogP contribution in [0.15, 0.2) is 30.5 Å². The summed E-state index contributed by atoms with van der Waals surface area (Å²) in [7, 11) is 1.89. The van der Waals surface area contributed by atoms with Crippen molar-refractivity contribution in [3.05, 3.63) is 41.6 Å². The summed E-state index contributed by atoms with van der Waals surface area (Å²) in [4.78, 5) is 11.4. The molecule has 3 rings (SSSR count). The Morgan fingerprint density at radius 2 is 2.25 bits per heavy atom. The van der Waals surface area contributed by atoms with Crippen molar-refractivity contribution in [2.75, 3.05) is 0 Å². The largest absolute Gasteiger partial charge is 0.348 e. The van der Waals surface area contributed by atoms with Crippen LogP contribution in [-0.4, -0.2) is 15.7 Å². The lowest BCUT2D eigenvalue weighted by Crippen LogP contribution is -2.12. The van der Waals surface area contributed by atoms with Gasteiger partial charge >= 0.3 is 0 Å². The van der Waals surface area contributed by atoms with E-state index < -0.39 is 0 Å². The van der Waals surface area contributed by atoms with Gasteiger partial charge < -0.3 is 5.32 Å². The predicted octanol–water partition coefficient (Wildman–Crippen LogP) is 1.33. The molecule has 0 radical (unpaired) electrons. The van der Waals surface area contributed by atoms with Gasteiger partial charge in [-0.2, -0.15) is 5.10 Å². The minimum atomic E-state index is 0.0163. The molecule has 0 aliphatic carbocycles. The molecule has 0 saturated heterocycles. The Hall–Kier alpha value is -2.10. The minimum Gasteiger partial charge on any atom is -0.348 e. The molecule has 1 aliphatic rings. The zero-order valence-electron chi connectivity index (χ0n) is 8.90. The Morgan fingerprint density at radius 3 is 3.00 bits per heavy atom. The van der Waals surface area contributed by atoms with E-state index in [0.29, 0.717) is 6.54 Å². The Bertz CT molecular complexity index is 571. The molecule has 0 unspecified atom stereocenters. The maximum atomic E-state index is 11.4. The quantitative estimate of drug-likeness (QED) is 0.776. The van der Waals surface area contributed by atoms with Crippen LogP contribution in [0.4, 0.5) is 0 Å². The average molecular weight is 213 g/mol. The lowest BCUT2D eigenvalue weighted by molar-refractivity contribution is 0.0966. The fourth-order valence-corrected chi connectivity index (χ4v) is 1.96. The van der Waals surface area contributed by atoms with Crippen LogP contribution in [0.1, 0.15) is 15.9 Å². The summed E-state index contributed by atoms with van der Waals surface area (Å²) in [5, 5.41) is 7.14. The van der Waals surface area contributed by atoms with Crippen LogP contribution in [0.5, 0.6) is 0 Å². The molecular formula is C12H11N3O. The van der Waals surface area contributed by atoms with Gasteiger partial charge in [0, 0.05) is 30.9 Å². The van der Waals surface area contributed by atoms with E-state index >= 15 is 0 Å². The summed E-state index contributed by atoms with van der Waals surface area (Å²) >= 11 is 0. The van der Waals surface area contributed by atoms with Gasteiger partial charge in [0.05, 0.1) is 5.69 Å². The Labute approximate surface area is 92.9 Å². The van der Waals surface area contributed by atoms with E-state index in [9.17, 15) is 4.79 Å². The predicted molar refractivity (Wildman–Crippen MR) is 59.8 cm³/mol. The molecule has 0 bridgehead atoms. The molecule has 2 aromatic rings. The van der Waals surface area contributed by atoms with Gasteiger partial charge in [-0.25, -0.2) is 0 Å². The van der Waals surface area contributed by atoms with Crippen LogP contribution in [0.3, 0.4) is 0 Å². The first-order valence-corrected chi connectivity index (χ1v) is 5.15. The van der Waals surface area contributed by atoms with Crippen LogP contribution in [0.2, 0.25) is 0 Å². The van der Waals surface area contributed by atoms with Gasteiger partial charge in [-0.1, -0.05) is 6.07 Å². The highest BCUT2D eigenvalue weighted by atomic mass is 16.1. The number of carbonyl (C=O) groups excluding carboxylic acids is 1. The number of nitrogens with zero attached hydrogens (tertiary/aromatic N) is 2. The van der Waals surface area contributed by atoms with Crippen molar-refractivity contribution >= 4 is 5.91 Å². The fraction of sp³-hybridized carbons (Fsp3) is 0.167. The third-order valence-corrected chi connectivity index (χ3v) is 2.80. The highest BCUT2D eigenvalue weighted by Crippen LogP contribution is 2.23. The first-order valence-electron chi connectivity index (χ1n) is 5.15. The summed E-state index contributed by atoms with van der Waals surface area (Å²) in [6.07, 6.45) is 1.91. The second-order valence-electron chi connectivity index (χ2n) is 3.93. The molecule has 2 heterocycles. The molecule has 1 N–H and O–H groups in total. The first-order chi connectivity index (χ1) is 7.74. The van der Waals surface area contributed by atoms with Crippen LogP contribution in [0, 0.1) is 0 Å². The van der Waals surface area contributed by atoms with Gasteiger partial charge in [0.15, 0.2) is 0 Å². The fourth-order valence-electron chi connectivity index (χ4n) is 1.96. The van der Waals surface area contributed by atoms with E-state index in [2.05, 4.69) is 10.4 Å². The molecule has 0 atom stereocenters. The second-order valence-corrected chi connectivity index (χ2v) is 3.93. The molecule has 4 heteroatoms. The smallest absolute Gasteiger partial charge is 0.251 e.